The molecule has 1 aliphatic heterocycles. The number of nitrogens with one attached hydrogen (secondary N) is 1. The molecule has 0 saturated carbocycles. The maximum absolute atomic E-state index is 15.5. The number of rotatable bonds is 6. The number of carbonyl (C=O) groups is 1. The molecule has 5 nitrogen and oxygen atoms in total. The molecular weight excluding hydrogens is 455 g/mol. The summed E-state index contributed by atoms with van der Waals surface area (Å²) in [6.45, 7) is 4.86. The van der Waals surface area contributed by atoms with Gasteiger partial charge in [-0.15, -0.1) is 0 Å². The largest absolute Gasteiger partial charge is 0.466 e. The lowest BCUT2D eigenvalue weighted by Crippen LogP contribution is -2.48. The quantitative estimate of drug-likeness (QED) is 0.365. The number of halogens is 3. The average Bonchev–Trinajstić information content (AvgIpc) is 3.32. The van der Waals surface area contributed by atoms with Gasteiger partial charge in [-0.1, -0.05) is 18.2 Å². The Morgan fingerprint density at radius 3 is 2.54 bits per heavy atom. The average molecular weight is 484 g/mol. The van der Waals surface area contributed by atoms with E-state index >= 15 is 8.78 Å². The van der Waals surface area contributed by atoms with Crippen molar-refractivity contribution in [2.45, 2.75) is 44.9 Å². The molecule has 0 aliphatic carbocycles. The van der Waals surface area contributed by atoms with E-state index in [4.69, 9.17) is 0 Å². The number of benzene rings is 2. The molecule has 0 fully saturated rings. The maximum atomic E-state index is 15.5. The van der Waals surface area contributed by atoms with Crippen molar-refractivity contribution in [1.82, 2.24) is 15.1 Å². The van der Waals surface area contributed by atoms with Gasteiger partial charge < -0.3 is 4.74 Å². The predicted molar refractivity (Wildman–Crippen MR) is 128 cm³/mol. The van der Waals surface area contributed by atoms with E-state index < -0.39 is 29.3 Å². The van der Waals surface area contributed by atoms with Crippen LogP contribution in [0.2, 0.25) is 0 Å². The monoisotopic (exact) mass is 483 g/mol. The zero-order valence-electron chi connectivity index (χ0n) is 20.1. The van der Waals surface area contributed by atoms with Crippen LogP contribution < -0.4 is 0 Å². The fourth-order valence-electron chi connectivity index (χ4n) is 4.70. The number of hydrogen-bond acceptors (Lipinski definition) is 4. The van der Waals surface area contributed by atoms with Crippen LogP contribution in [0.5, 0.6) is 0 Å². The minimum Gasteiger partial charge on any atom is -0.466 e. The van der Waals surface area contributed by atoms with Gasteiger partial charge in [0.25, 0.3) is 0 Å². The van der Waals surface area contributed by atoms with Crippen molar-refractivity contribution in [1.29, 1.82) is 0 Å². The van der Waals surface area contributed by atoms with Gasteiger partial charge in [0.1, 0.15) is 17.3 Å². The van der Waals surface area contributed by atoms with Gasteiger partial charge in [0.15, 0.2) is 0 Å². The van der Waals surface area contributed by atoms with Crippen LogP contribution in [0.25, 0.3) is 17.2 Å². The molecule has 0 spiro atoms. The van der Waals surface area contributed by atoms with Crippen molar-refractivity contribution in [2.24, 2.45) is 0 Å². The molecule has 0 radical (unpaired) electrons. The Morgan fingerprint density at radius 2 is 1.94 bits per heavy atom. The van der Waals surface area contributed by atoms with Crippen LogP contribution in [-0.4, -0.2) is 46.4 Å². The third-order valence-electron chi connectivity index (χ3n) is 6.23. The molecule has 1 N–H and O–H groups in total. The zero-order valence-corrected chi connectivity index (χ0v) is 20.1. The Hall–Kier alpha value is -3.39. The lowest BCUT2D eigenvalue weighted by Gasteiger charge is -2.44. The standard InChI is InChI=1S/C27H28F3N3O2/c1-16-9-19-12-18(20-13-31-32-14-20)6-7-21(19)26(33(16)15-27(2,3)30)25-22(28)10-17(11-23(25)29)5-8-24(34)35-4/h5-8,10-14,16,26H,9,15H2,1-4H3,(H,31,32)/b8-5+. The highest BCUT2D eigenvalue weighted by atomic mass is 19.1. The van der Waals surface area contributed by atoms with Crippen LogP contribution in [0, 0.1) is 11.6 Å². The van der Waals surface area contributed by atoms with Crippen molar-refractivity contribution >= 4 is 12.0 Å². The lowest BCUT2D eigenvalue weighted by atomic mass is 9.82. The minimum atomic E-state index is -1.57. The van der Waals surface area contributed by atoms with Crippen molar-refractivity contribution < 1.29 is 22.7 Å². The van der Waals surface area contributed by atoms with Crippen LogP contribution in [0.1, 0.15) is 49.1 Å². The first kappa shape index (κ1) is 24.7. The summed E-state index contributed by atoms with van der Waals surface area (Å²) in [6.07, 6.45) is 6.49. The molecule has 8 heteroatoms. The molecule has 2 aromatic carbocycles. The van der Waals surface area contributed by atoms with Crippen LogP contribution >= 0.6 is 0 Å². The van der Waals surface area contributed by atoms with E-state index in [2.05, 4.69) is 14.9 Å². The normalized spacial score (nSPS) is 18.6. The van der Waals surface area contributed by atoms with E-state index in [-0.39, 0.29) is 23.7 Å². The van der Waals surface area contributed by atoms with Gasteiger partial charge >= 0.3 is 5.97 Å². The molecule has 1 aromatic heterocycles. The fraction of sp³-hybridized carbons (Fsp3) is 0.333. The highest BCUT2D eigenvalue weighted by Gasteiger charge is 2.39. The van der Waals surface area contributed by atoms with E-state index in [1.165, 1.54) is 39.2 Å². The van der Waals surface area contributed by atoms with E-state index in [0.29, 0.717) is 6.42 Å². The number of ether oxygens (including phenoxy) is 1. The van der Waals surface area contributed by atoms with Crippen LogP contribution in [-0.2, 0) is 16.0 Å². The minimum absolute atomic E-state index is 0.00459. The zero-order chi connectivity index (χ0) is 25.3. The number of alkyl halides is 1. The molecule has 2 heterocycles. The smallest absolute Gasteiger partial charge is 0.330 e. The molecule has 3 aromatic rings. The fourth-order valence-corrected chi connectivity index (χ4v) is 4.70. The Balaban J connectivity index is 1.84. The molecule has 2 atom stereocenters. The van der Waals surface area contributed by atoms with Crippen molar-refractivity contribution in [3.8, 4) is 11.1 Å². The number of fused-ring (bicyclic) bond motifs is 1. The molecule has 2 unspecified atom stereocenters. The third-order valence-corrected chi connectivity index (χ3v) is 6.23. The second-order valence-electron chi connectivity index (χ2n) is 9.50. The van der Waals surface area contributed by atoms with Gasteiger partial charge in [0, 0.05) is 36.0 Å². The number of hydrogen-bond donors (Lipinski definition) is 1. The van der Waals surface area contributed by atoms with Crippen LogP contribution in [0.4, 0.5) is 13.2 Å². The first-order chi connectivity index (χ1) is 16.6. The van der Waals surface area contributed by atoms with Crippen LogP contribution in [0.15, 0.2) is 48.8 Å². The van der Waals surface area contributed by atoms with Crippen LogP contribution in [0.3, 0.4) is 0 Å². The summed E-state index contributed by atoms with van der Waals surface area (Å²) in [6, 6.07) is 7.11. The summed E-state index contributed by atoms with van der Waals surface area (Å²) < 4.78 is 50.4. The number of H-pyrrole nitrogens is 1. The van der Waals surface area contributed by atoms with E-state index in [0.717, 1.165) is 28.3 Å². The summed E-state index contributed by atoms with van der Waals surface area (Å²) in [5, 5.41) is 6.79. The lowest BCUT2D eigenvalue weighted by molar-refractivity contribution is -0.134. The topological polar surface area (TPSA) is 58.2 Å². The highest BCUT2D eigenvalue weighted by molar-refractivity contribution is 5.86. The molecule has 0 bridgehead atoms. The summed E-state index contributed by atoms with van der Waals surface area (Å²) in [5.74, 6) is -2.16. The molecular formula is C27H28F3N3O2. The van der Waals surface area contributed by atoms with Gasteiger partial charge in [-0.2, -0.15) is 5.10 Å². The van der Waals surface area contributed by atoms with Gasteiger partial charge in [0.2, 0.25) is 0 Å². The first-order valence-electron chi connectivity index (χ1n) is 11.4. The summed E-state index contributed by atoms with van der Waals surface area (Å²) in [5.41, 5.74) is 1.99. The summed E-state index contributed by atoms with van der Waals surface area (Å²) in [7, 11) is 1.22. The highest BCUT2D eigenvalue weighted by Crippen LogP contribution is 2.42. The Morgan fingerprint density at radius 1 is 1.23 bits per heavy atom. The third kappa shape index (κ3) is 5.32. The van der Waals surface area contributed by atoms with Crippen molar-refractivity contribution in [2.75, 3.05) is 13.7 Å². The first-order valence-corrected chi connectivity index (χ1v) is 11.4. The van der Waals surface area contributed by atoms with E-state index in [9.17, 15) is 9.18 Å². The van der Waals surface area contributed by atoms with Crippen molar-refractivity contribution in [3.63, 3.8) is 0 Å². The number of aromatic amines is 1. The molecule has 4 rings (SSSR count). The van der Waals surface area contributed by atoms with Crippen molar-refractivity contribution in [3.05, 3.63) is 82.7 Å². The Bertz CT molecular complexity index is 1230. The van der Waals surface area contributed by atoms with Gasteiger partial charge in [-0.3, -0.25) is 10.00 Å². The second kappa shape index (κ2) is 9.70. The molecule has 1 aliphatic rings. The number of aromatic nitrogens is 2. The summed E-state index contributed by atoms with van der Waals surface area (Å²) in [4.78, 5) is 13.2. The summed E-state index contributed by atoms with van der Waals surface area (Å²) >= 11 is 0. The number of esters is 1. The van der Waals surface area contributed by atoms with E-state index in [1.807, 2.05) is 30.0 Å². The Labute approximate surface area is 202 Å². The van der Waals surface area contributed by atoms with Gasteiger partial charge in [-0.05, 0) is 67.7 Å². The molecule has 35 heavy (non-hydrogen) atoms. The predicted octanol–water partition coefficient (Wildman–Crippen LogP) is 5.63. The molecule has 0 amide bonds. The SMILES string of the molecule is COC(=O)/C=C/c1cc(F)c(C2c3ccc(-c4cn[nH]c4)cc3CC(C)N2CC(C)(C)F)c(F)c1. The van der Waals surface area contributed by atoms with E-state index in [1.54, 1.807) is 12.4 Å². The number of methoxy groups -OCH3 is 1. The Kier molecular flexibility index (Phi) is 6.85. The number of carbonyl (C=O) groups excluding carboxylic acids is 1. The maximum Gasteiger partial charge on any atom is 0.330 e. The molecule has 184 valence electrons. The number of nitrogens with zero attached hydrogens (tertiary/aromatic N) is 2. The van der Waals surface area contributed by atoms with Gasteiger partial charge in [0.05, 0.1) is 19.3 Å². The molecule has 0 saturated heterocycles. The van der Waals surface area contributed by atoms with Gasteiger partial charge in [-0.25, -0.2) is 18.0 Å². The second-order valence-corrected chi connectivity index (χ2v) is 9.50.